The van der Waals surface area contributed by atoms with Crippen LogP contribution in [0.5, 0.6) is 0 Å². The Morgan fingerprint density at radius 1 is 1.29 bits per heavy atom. The van der Waals surface area contributed by atoms with E-state index in [9.17, 15) is 4.79 Å². The number of aromatic amines is 1. The Balaban J connectivity index is 2.91. The molecule has 1 heterocycles. The van der Waals surface area contributed by atoms with Crippen LogP contribution in [0.2, 0.25) is 5.02 Å². The molecule has 14 heavy (non-hydrogen) atoms. The molecule has 72 valence electrons. The number of halogens is 1. The number of carbonyl (C=O) groups is 1. The molecule has 3 heteroatoms. The van der Waals surface area contributed by atoms with Crippen LogP contribution in [0.15, 0.2) is 12.1 Å². The summed E-state index contributed by atoms with van der Waals surface area (Å²) in [5.41, 5.74) is 3.55. The maximum atomic E-state index is 10.7. The Labute approximate surface area is 86.9 Å². The van der Waals surface area contributed by atoms with Gasteiger partial charge in [-0.25, -0.2) is 0 Å². The summed E-state index contributed by atoms with van der Waals surface area (Å²) in [5, 5.41) is 1.78. The van der Waals surface area contributed by atoms with Crippen molar-refractivity contribution in [3.8, 4) is 0 Å². The fourth-order valence-corrected chi connectivity index (χ4v) is 1.81. The number of nitrogens with one attached hydrogen (secondary N) is 1. The first-order chi connectivity index (χ1) is 6.65. The van der Waals surface area contributed by atoms with Gasteiger partial charge in [0.25, 0.3) is 0 Å². The van der Waals surface area contributed by atoms with Crippen molar-refractivity contribution < 1.29 is 4.79 Å². The van der Waals surface area contributed by atoms with Gasteiger partial charge in [-0.15, -0.1) is 0 Å². The second-order valence-electron chi connectivity index (χ2n) is 3.38. The van der Waals surface area contributed by atoms with Crippen LogP contribution in [-0.4, -0.2) is 11.3 Å². The number of carbonyl (C=O) groups excluding carboxylic acids is 1. The van der Waals surface area contributed by atoms with Crippen LogP contribution in [0, 0.1) is 13.8 Å². The molecule has 0 fully saturated rings. The lowest BCUT2D eigenvalue weighted by atomic mass is 10.1. The predicted octanol–water partition coefficient (Wildman–Crippen LogP) is 3.25. The van der Waals surface area contributed by atoms with Crippen LogP contribution >= 0.6 is 11.6 Å². The molecule has 0 unspecified atom stereocenters. The van der Waals surface area contributed by atoms with E-state index in [4.69, 9.17) is 11.6 Å². The summed E-state index contributed by atoms with van der Waals surface area (Å²) in [6.07, 6.45) is 0.836. The third kappa shape index (κ3) is 1.15. The van der Waals surface area contributed by atoms with Crippen molar-refractivity contribution >= 4 is 28.8 Å². The smallest absolute Gasteiger partial charge is 0.166 e. The molecule has 0 atom stereocenters. The van der Waals surface area contributed by atoms with Crippen molar-refractivity contribution in [2.24, 2.45) is 0 Å². The second kappa shape index (κ2) is 3.14. The number of hydrogen-bond donors (Lipinski definition) is 1. The summed E-state index contributed by atoms with van der Waals surface area (Å²) in [6, 6.07) is 3.79. The molecule has 0 radical (unpaired) electrons. The van der Waals surface area contributed by atoms with Crippen LogP contribution in [0.1, 0.15) is 21.6 Å². The summed E-state index contributed by atoms with van der Waals surface area (Å²) in [7, 11) is 0. The van der Waals surface area contributed by atoms with Gasteiger partial charge < -0.3 is 4.98 Å². The van der Waals surface area contributed by atoms with E-state index in [0.717, 1.165) is 33.3 Å². The number of aromatic nitrogens is 1. The van der Waals surface area contributed by atoms with Crippen molar-refractivity contribution in [2.75, 3.05) is 0 Å². The molecule has 1 aromatic carbocycles. The molecule has 0 aliphatic carbocycles. The molecule has 0 bridgehead atoms. The van der Waals surface area contributed by atoms with Gasteiger partial charge in [0, 0.05) is 10.4 Å². The zero-order valence-electron chi connectivity index (χ0n) is 8.02. The number of fused-ring (bicyclic) bond motifs is 1. The quantitative estimate of drug-likeness (QED) is 0.716. The third-order valence-electron chi connectivity index (χ3n) is 2.58. The Morgan fingerprint density at radius 3 is 2.64 bits per heavy atom. The molecule has 1 N–H and O–H groups in total. The third-order valence-corrected chi connectivity index (χ3v) is 2.99. The molecule has 0 aliphatic rings. The molecule has 0 saturated heterocycles. The van der Waals surface area contributed by atoms with E-state index in [1.54, 1.807) is 0 Å². The highest BCUT2D eigenvalue weighted by atomic mass is 35.5. The van der Waals surface area contributed by atoms with Crippen molar-refractivity contribution in [1.29, 1.82) is 0 Å². The lowest BCUT2D eigenvalue weighted by molar-refractivity contribution is 0.111. The van der Waals surface area contributed by atoms with Crippen LogP contribution in [0.25, 0.3) is 10.9 Å². The average molecular weight is 208 g/mol. The minimum absolute atomic E-state index is 0.630. The average Bonchev–Trinajstić information content (AvgIpc) is 2.50. The standard InChI is InChI=1S/C11H10ClNO/c1-6-8-3-4-9(12)7(2)11(8)13-10(6)5-14/h3-5,13H,1-2H3. The molecule has 1 aromatic heterocycles. The van der Waals surface area contributed by atoms with Crippen LogP contribution in [0.4, 0.5) is 0 Å². The van der Waals surface area contributed by atoms with Crippen LogP contribution in [0.3, 0.4) is 0 Å². The lowest BCUT2D eigenvalue weighted by Crippen LogP contribution is -1.80. The Morgan fingerprint density at radius 2 is 2.00 bits per heavy atom. The predicted molar refractivity (Wildman–Crippen MR) is 58.2 cm³/mol. The van der Waals surface area contributed by atoms with Gasteiger partial charge in [0.15, 0.2) is 6.29 Å². The van der Waals surface area contributed by atoms with Gasteiger partial charge in [0.05, 0.1) is 11.2 Å². The van der Waals surface area contributed by atoms with Gasteiger partial charge in [0.1, 0.15) is 0 Å². The molecule has 0 spiro atoms. The molecule has 2 rings (SSSR count). The van der Waals surface area contributed by atoms with E-state index in [0.29, 0.717) is 5.69 Å². The lowest BCUT2D eigenvalue weighted by Gasteiger charge is -1.98. The highest BCUT2D eigenvalue weighted by Gasteiger charge is 2.09. The van der Waals surface area contributed by atoms with E-state index < -0.39 is 0 Å². The number of rotatable bonds is 1. The number of H-pyrrole nitrogens is 1. The first kappa shape index (κ1) is 9.28. The summed E-state index contributed by atoms with van der Waals surface area (Å²) in [6.45, 7) is 3.87. The van der Waals surface area contributed by atoms with Crippen molar-refractivity contribution in [2.45, 2.75) is 13.8 Å². The molecular weight excluding hydrogens is 198 g/mol. The minimum atomic E-state index is 0.630. The van der Waals surface area contributed by atoms with Gasteiger partial charge in [-0.2, -0.15) is 0 Å². The van der Waals surface area contributed by atoms with Crippen LogP contribution < -0.4 is 0 Å². The maximum Gasteiger partial charge on any atom is 0.166 e. The SMILES string of the molecule is Cc1c(C=O)[nH]c2c(C)c(Cl)ccc12. The summed E-state index contributed by atoms with van der Waals surface area (Å²) >= 11 is 5.98. The molecule has 2 aromatic rings. The Hall–Kier alpha value is -1.28. The van der Waals surface area contributed by atoms with Crippen molar-refractivity contribution in [3.63, 3.8) is 0 Å². The minimum Gasteiger partial charge on any atom is -0.352 e. The largest absolute Gasteiger partial charge is 0.352 e. The van der Waals surface area contributed by atoms with Crippen molar-refractivity contribution in [3.05, 3.63) is 34.0 Å². The number of hydrogen-bond acceptors (Lipinski definition) is 1. The van der Waals surface area contributed by atoms with E-state index >= 15 is 0 Å². The summed E-state index contributed by atoms with van der Waals surface area (Å²) in [5.74, 6) is 0. The van der Waals surface area contributed by atoms with E-state index in [-0.39, 0.29) is 0 Å². The molecule has 2 nitrogen and oxygen atoms in total. The highest BCUT2D eigenvalue weighted by molar-refractivity contribution is 6.32. The first-order valence-corrected chi connectivity index (χ1v) is 4.75. The Bertz CT molecular complexity index is 513. The maximum absolute atomic E-state index is 10.7. The fraction of sp³-hybridized carbons (Fsp3) is 0.182. The van der Waals surface area contributed by atoms with E-state index in [2.05, 4.69) is 4.98 Å². The summed E-state index contributed by atoms with van der Waals surface area (Å²) in [4.78, 5) is 13.8. The number of benzene rings is 1. The van der Waals surface area contributed by atoms with Crippen LogP contribution in [-0.2, 0) is 0 Å². The zero-order chi connectivity index (χ0) is 10.3. The second-order valence-corrected chi connectivity index (χ2v) is 3.78. The first-order valence-electron chi connectivity index (χ1n) is 4.37. The van der Waals surface area contributed by atoms with Gasteiger partial charge >= 0.3 is 0 Å². The van der Waals surface area contributed by atoms with E-state index in [1.807, 2.05) is 26.0 Å². The number of aryl methyl sites for hydroxylation is 2. The topological polar surface area (TPSA) is 32.9 Å². The molecule has 0 saturated carbocycles. The monoisotopic (exact) mass is 207 g/mol. The van der Waals surface area contributed by atoms with Crippen molar-refractivity contribution in [1.82, 2.24) is 4.98 Å². The zero-order valence-corrected chi connectivity index (χ0v) is 8.77. The summed E-state index contributed by atoms with van der Waals surface area (Å²) < 4.78 is 0. The highest BCUT2D eigenvalue weighted by Crippen LogP contribution is 2.28. The van der Waals surface area contributed by atoms with Gasteiger partial charge in [-0.1, -0.05) is 17.7 Å². The van der Waals surface area contributed by atoms with Gasteiger partial charge in [-0.05, 0) is 31.0 Å². The molecule has 0 amide bonds. The molecular formula is C11H10ClNO. The fourth-order valence-electron chi connectivity index (χ4n) is 1.65. The normalized spacial score (nSPS) is 10.8. The van der Waals surface area contributed by atoms with E-state index in [1.165, 1.54) is 0 Å². The van der Waals surface area contributed by atoms with Gasteiger partial charge in [0.2, 0.25) is 0 Å². The Kier molecular flexibility index (Phi) is 2.08. The molecule has 0 aliphatic heterocycles. The van der Waals surface area contributed by atoms with Gasteiger partial charge in [-0.3, -0.25) is 4.79 Å². The number of aldehydes is 1.